The van der Waals surface area contributed by atoms with Crippen LogP contribution in [0.2, 0.25) is 0 Å². The fraction of sp³-hybridized carbons (Fsp3) is 0.500. The topological polar surface area (TPSA) is 66.6 Å². The van der Waals surface area contributed by atoms with E-state index in [0.29, 0.717) is 19.0 Å². The third kappa shape index (κ3) is 3.83. The SMILES string of the molecule is CCCN(CCO)c1ccc(C(F)(F)F)cc1[N+](=O)[O-]. The van der Waals surface area contributed by atoms with E-state index in [0.717, 1.165) is 12.1 Å². The number of hydrogen-bond donors (Lipinski definition) is 1. The molecule has 0 aliphatic heterocycles. The van der Waals surface area contributed by atoms with Crippen LogP contribution in [0.3, 0.4) is 0 Å². The minimum Gasteiger partial charge on any atom is -0.395 e. The van der Waals surface area contributed by atoms with E-state index in [1.54, 1.807) is 0 Å². The van der Waals surface area contributed by atoms with Gasteiger partial charge in [-0.15, -0.1) is 0 Å². The first-order valence-corrected chi connectivity index (χ1v) is 6.02. The van der Waals surface area contributed by atoms with Gasteiger partial charge in [0.1, 0.15) is 5.69 Å². The molecule has 20 heavy (non-hydrogen) atoms. The average molecular weight is 292 g/mol. The highest BCUT2D eigenvalue weighted by Gasteiger charge is 2.33. The lowest BCUT2D eigenvalue weighted by molar-refractivity contribution is -0.384. The van der Waals surface area contributed by atoms with Crippen LogP contribution in [-0.2, 0) is 6.18 Å². The van der Waals surface area contributed by atoms with Crippen molar-refractivity contribution in [3.8, 4) is 0 Å². The van der Waals surface area contributed by atoms with Gasteiger partial charge in [0, 0.05) is 19.2 Å². The summed E-state index contributed by atoms with van der Waals surface area (Å²) in [6.45, 7) is 2.13. The van der Waals surface area contributed by atoms with Gasteiger partial charge in [-0.05, 0) is 18.6 Å². The standard InChI is InChI=1S/C12H15F3N2O3/c1-2-5-16(6-7-18)10-4-3-9(12(13,14)15)8-11(10)17(19)20/h3-4,8,18H,2,5-7H2,1H3. The van der Waals surface area contributed by atoms with E-state index in [4.69, 9.17) is 5.11 Å². The molecule has 0 spiro atoms. The van der Waals surface area contributed by atoms with Gasteiger partial charge in [-0.3, -0.25) is 10.1 Å². The summed E-state index contributed by atoms with van der Waals surface area (Å²) < 4.78 is 37.8. The predicted octanol–water partition coefficient (Wildman–Crippen LogP) is 2.82. The van der Waals surface area contributed by atoms with Crippen molar-refractivity contribution >= 4 is 11.4 Å². The maximum Gasteiger partial charge on any atom is 0.416 e. The maximum atomic E-state index is 12.6. The number of nitro groups is 1. The van der Waals surface area contributed by atoms with Crippen molar-refractivity contribution in [2.75, 3.05) is 24.6 Å². The molecule has 0 radical (unpaired) electrons. The van der Waals surface area contributed by atoms with E-state index < -0.39 is 22.4 Å². The lowest BCUT2D eigenvalue weighted by atomic mass is 10.1. The average Bonchev–Trinajstić information content (AvgIpc) is 2.36. The van der Waals surface area contributed by atoms with Gasteiger partial charge in [0.05, 0.1) is 17.1 Å². The van der Waals surface area contributed by atoms with Gasteiger partial charge in [-0.25, -0.2) is 0 Å². The molecular formula is C12H15F3N2O3. The Balaban J connectivity index is 3.28. The number of aliphatic hydroxyl groups excluding tert-OH is 1. The Morgan fingerprint density at radius 1 is 1.35 bits per heavy atom. The van der Waals surface area contributed by atoms with Crippen LogP contribution in [0.15, 0.2) is 18.2 Å². The molecule has 8 heteroatoms. The Labute approximate surface area is 113 Å². The first kappa shape index (κ1) is 16.2. The molecular weight excluding hydrogens is 277 g/mol. The molecule has 0 aliphatic carbocycles. The number of nitrogens with zero attached hydrogens (tertiary/aromatic N) is 2. The van der Waals surface area contributed by atoms with Crippen LogP contribution in [0.4, 0.5) is 24.5 Å². The number of hydrogen-bond acceptors (Lipinski definition) is 4. The first-order chi connectivity index (χ1) is 9.31. The summed E-state index contributed by atoms with van der Waals surface area (Å²) in [5.41, 5.74) is -1.59. The van der Waals surface area contributed by atoms with Crippen LogP contribution in [0.25, 0.3) is 0 Å². The minimum absolute atomic E-state index is 0.0823. The summed E-state index contributed by atoms with van der Waals surface area (Å²) in [7, 11) is 0. The number of anilines is 1. The maximum absolute atomic E-state index is 12.6. The third-order valence-electron chi connectivity index (χ3n) is 2.70. The molecule has 1 aromatic rings. The smallest absolute Gasteiger partial charge is 0.395 e. The van der Waals surface area contributed by atoms with Gasteiger partial charge in [-0.2, -0.15) is 13.2 Å². The summed E-state index contributed by atoms with van der Waals surface area (Å²) in [6.07, 6.45) is -3.98. The number of rotatable bonds is 6. The minimum atomic E-state index is -4.63. The highest BCUT2D eigenvalue weighted by atomic mass is 19.4. The fourth-order valence-electron chi connectivity index (χ4n) is 1.86. The lowest BCUT2D eigenvalue weighted by Gasteiger charge is -2.23. The molecule has 0 atom stereocenters. The summed E-state index contributed by atoms with van der Waals surface area (Å²) in [4.78, 5) is 11.6. The van der Waals surface area contributed by atoms with Crippen LogP contribution >= 0.6 is 0 Å². The molecule has 0 amide bonds. The van der Waals surface area contributed by atoms with Crippen molar-refractivity contribution in [2.45, 2.75) is 19.5 Å². The van der Waals surface area contributed by atoms with Gasteiger partial charge in [0.25, 0.3) is 5.69 Å². The van der Waals surface area contributed by atoms with E-state index >= 15 is 0 Å². The highest BCUT2D eigenvalue weighted by molar-refractivity contribution is 5.64. The Morgan fingerprint density at radius 2 is 2.00 bits per heavy atom. The van der Waals surface area contributed by atoms with Crippen molar-refractivity contribution in [1.82, 2.24) is 0 Å². The second-order valence-electron chi connectivity index (χ2n) is 4.17. The van der Waals surface area contributed by atoms with Gasteiger partial charge in [0.2, 0.25) is 0 Å². The fourth-order valence-corrected chi connectivity index (χ4v) is 1.86. The van der Waals surface area contributed by atoms with E-state index in [2.05, 4.69) is 0 Å². The van der Waals surface area contributed by atoms with Gasteiger partial charge in [-0.1, -0.05) is 6.92 Å². The number of benzene rings is 1. The summed E-state index contributed by atoms with van der Waals surface area (Å²) >= 11 is 0. The van der Waals surface area contributed by atoms with Gasteiger partial charge >= 0.3 is 6.18 Å². The molecule has 5 nitrogen and oxygen atoms in total. The van der Waals surface area contributed by atoms with Gasteiger partial charge in [0.15, 0.2) is 0 Å². The number of aliphatic hydroxyl groups is 1. The van der Waals surface area contributed by atoms with E-state index in [1.807, 2.05) is 6.92 Å². The van der Waals surface area contributed by atoms with Crippen LogP contribution in [-0.4, -0.2) is 29.7 Å². The molecule has 0 aliphatic rings. The lowest BCUT2D eigenvalue weighted by Crippen LogP contribution is -2.28. The second-order valence-corrected chi connectivity index (χ2v) is 4.17. The van der Waals surface area contributed by atoms with Crippen molar-refractivity contribution in [2.24, 2.45) is 0 Å². The zero-order chi connectivity index (χ0) is 15.3. The first-order valence-electron chi connectivity index (χ1n) is 6.02. The molecule has 0 fully saturated rings. The van der Waals surface area contributed by atoms with Crippen molar-refractivity contribution < 1.29 is 23.2 Å². The molecule has 1 rings (SSSR count). The van der Waals surface area contributed by atoms with Crippen LogP contribution in [0, 0.1) is 10.1 Å². The van der Waals surface area contributed by atoms with Crippen LogP contribution in [0.1, 0.15) is 18.9 Å². The highest BCUT2D eigenvalue weighted by Crippen LogP contribution is 2.36. The van der Waals surface area contributed by atoms with E-state index in [-0.39, 0.29) is 18.8 Å². The predicted molar refractivity (Wildman–Crippen MR) is 67.7 cm³/mol. The zero-order valence-electron chi connectivity index (χ0n) is 10.9. The molecule has 112 valence electrons. The molecule has 0 saturated carbocycles. The quantitative estimate of drug-likeness (QED) is 0.646. The van der Waals surface area contributed by atoms with Crippen molar-refractivity contribution in [1.29, 1.82) is 0 Å². The summed E-state index contributed by atoms with van der Waals surface area (Å²) in [6, 6.07) is 2.41. The number of alkyl halides is 3. The normalized spacial score (nSPS) is 11.4. The Bertz CT molecular complexity index is 472. The molecule has 1 N–H and O–H groups in total. The molecule has 1 aromatic carbocycles. The van der Waals surface area contributed by atoms with E-state index in [1.165, 1.54) is 4.90 Å². The molecule has 0 aromatic heterocycles. The summed E-state index contributed by atoms with van der Waals surface area (Å²) in [5.74, 6) is 0. The van der Waals surface area contributed by atoms with Crippen LogP contribution in [0.5, 0.6) is 0 Å². The zero-order valence-corrected chi connectivity index (χ0v) is 10.9. The third-order valence-corrected chi connectivity index (χ3v) is 2.70. The summed E-state index contributed by atoms with van der Waals surface area (Å²) in [5, 5.41) is 19.9. The van der Waals surface area contributed by atoms with E-state index in [9.17, 15) is 23.3 Å². The van der Waals surface area contributed by atoms with Crippen LogP contribution < -0.4 is 4.90 Å². The second kappa shape index (κ2) is 6.56. The van der Waals surface area contributed by atoms with Crippen molar-refractivity contribution in [3.05, 3.63) is 33.9 Å². The molecule has 0 bridgehead atoms. The molecule has 0 heterocycles. The van der Waals surface area contributed by atoms with Crippen molar-refractivity contribution in [3.63, 3.8) is 0 Å². The van der Waals surface area contributed by atoms with Gasteiger partial charge < -0.3 is 10.0 Å². The molecule has 0 unspecified atom stereocenters. The Morgan fingerprint density at radius 3 is 2.45 bits per heavy atom. The monoisotopic (exact) mass is 292 g/mol. The Hall–Kier alpha value is -1.83. The molecule has 0 saturated heterocycles. The number of nitro benzene ring substituents is 1. The Kier molecular flexibility index (Phi) is 5.32. The number of halogens is 3. The largest absolute Gasteiger partial charge is 0.416 e.